The second-order valence-corrected chi connectivity index (χ2v) is 4.82. The van der Waals surface area contributed by atoms with Gasteiger partial charge < -0.3 is 10.3 Å². The van der Waals surface area contributed by atoms with Gasteiger partial charge in [-0.15, -0.1) is 0 Å². The first kappa shape index (κ1) is 12.3. The van der Waals surface area contributed by atoms with Gasteiger partial charge in [-0.3, -0.25) is 0 Å². The van der Waals surface area contributed by atoms with Gasteiger partial charge in [0.25, 0.3) is 0 Å². The molecule has 0 spiro atoms. The molecule has 19 heavy (non-hydrogen) atoms. The molecule has 1 saturated carbocycles. The van der Waals surface area contributed by atoms with E-state index in [2.05, 4.69) is 15.3 Å². The van der Waals surface area contributed by atoms with Gasteiger partial charge in [0.1, 0.15) is 5.82 Å². The van der Waals surface area contributed by atoms with Gasteiger partial charge in [0.2, 0.25) is 0 Å². The van der Waals surface area contributed by atoms with Gasteiger partial charge in [0, 0.05) is 24.6 Å². The Kier molecular flexibility index (Phi) is 3.29. The quantitative estimate of drug-likeness (QED) is 0.870. The number of aromatic amines is 1. The predicted octanol–water partition coefficient (Wildman–Crippen LogP) is 2.65. The van der Waals surface area contributed by atoms with E-state index in [9.17, 15) is 8.78 Å². The van der Waals surface area contributed by atoms with E-state index in [-0.39, 0.29) is 5.56 Å². The first-order chi connectivity index (χ1) is 9.24. The molecule has 0 saturated heterocycles. The fraction of sp³-hybridized carbons (Fsp3) is 0.357. The molecule has 0 radical (unpaired) electrons. The summed E-state index contributed by atoms with van der Waals surface area (Å²) in [6, 6.07) is 4.80. The number of nitrogens with one attached hydrogen (secondary N) is 2. The minimum Gasteiger partial charge on any atom is -0.342 e. The van der Waals surface area contributed by atoms with Crippen LogP contribution in [0.4, 0.5) is 8.78 Å². The number of nitrogens with zero attached hydrogens (tertiary/aromatic N) is 1. The first-order valence-electron chi connectivity index (χ1n) is 6.45. The molecular weight excluding hydrogens is 248 g/mol. The number of imidazole rings is 1. The maximum atomic E-state index is 13.6. The van der Waals surface area contributed by atoms with Gasteiger partial charge in [-0.05, 0) is 25.0 Å². The van der Waals surface area contributed by atoms with Crippen molar-refractivity contribution in [3.05, 3.63) is 41.9 Å². The lowest BCUT2D eigenvalue weighted by Gasteiger charge is -2.01. The summed E-state index contributed by atoms with van der Waals surface area (Å²) in [5.41, 5.74) is 0.729. The molecule has 1 fully saturated rings. The van der Waals surface area contributed by atoms with Crippen LogP contribution in [-0.2, 0) is 6.42 Å². The zero-order chi connectivity index (χ0) is 13.2. The third kappa shape index (κ3) is 2.81. The molecule has 1 aliphatic rings. The van der Waals surface area contributed by atoms with Crippen LogP contribution in [0.2, 0.25) is 0 Å². The lowest BCUT2D eigenvalue weighted by atomic mass is 10.1. The average molecular weight is 263 g/mol. The first-order valence-corrected chi connectivity index (χ1v) is 6.45. The molecule has 0 amide bonds. The van der Waals surface area contributed by atoms with Crippen LogP contribution < -0.4 is 5.32 Å². The van der Waals surface area contributed by atoms with E-state index in [0.717, 1.165) is 24.9 Å². The Hall–Kier alpha value is -1.75. The smallest absolute Gasteiger partial charge is 0.168 e. The minimum absolute atomic E-state index is 0.217. The molecular formula is C14H15F2N3. The van der Waals surface area contributed by atoms with Crippen LogP contribution >= 0.6 is 0 Å². The summed E-state index contributed by atoms with van der Waals surface area (Å²) in [5, 5.41) is 3.38. The summed E-state index contributed by atoms with van der Waals surface area (Å²) in [7, 11) is 0. The van der Waals surface area contributed by atoms with Crippen LogP contribution in [0.3, 0.4) is 0 Å². The molecule has 1 heterocycles. The molecule has 3 rings (SSSR count). The van der Waals surface area contributed by atoms with Crippen molar-refractivity contribution in [3.8, 4) is 11.3 Å². The molecule has 2 N–H and O–H groups in total. The normalized spacial score (nSPS) is 14.8. The van der Waals surface area contributed by atoms with Gasteiger partial charge in [-0.25, -0.2) is 13.8 Å². The molecule has 1 aliphatic carbocycles. The SMILES string of the molecule is Fc1cccc(-c2cnc(CCNC3CC3)[nH]2)c1F. The fourth-order valence-corrected chi connectivity index (χ4v) is 2.02. The topological polar surface area (TPSA) is 40.7 Å². The lowest BCUT2D eigenvalue weighted by Crippen LogP contribution is -2.19. The summed E-state index contributed by atoms with van der Waals surface area (Å²) >= 11 is 0. The van der Waals surface area contributed by atoms with Crippen LogP contribution in [0.15, 0.2) is 24.4 Å². The lowest BCUT2D eigenvalue weighted by molar-refractivity contribution is 0.511. The Balaban J connectivity index is 1.70. The van der Waals surface area contributed by atoms with Gasteiger partial charge in [0.15, 0.2) is 11.6 Å². The monoisotopic (exact) mass is 263 g/mol. The third-order valence-electron chi connectivity index (χ3n) is 3.24. The highest BCUT2D eigenvalue weighted by Gasteiger charge is 2.19. The molecule has 3 nitrogen and oxygen atoms in total. The van der Waals surface area contributed by atoms with Crippen LogP contribution in [0.5, 0.6) is 0 Å². The van der Waals surface area contributed by atoms with Crippen molar-refractivity contribution in [2.75, 3.05) is 6.54 Å². The molecule has 0 unspecified atom stereocenters. The Morgan fingerprint density at radius 3 is 2.95 bits per heavy atom. The molecule has 2 aromatic rings. The Labute approximate surface area is 110 Å². The fourth-order valence-electron chi connectivity index (χ4n) is 2.02. The number of H-pyrrole nitrogens is 1. The van der Waals surface area contributed by atoms with Crippen molar-refractivity contribution in [1.29, 1.82) is 0 Å². The minimum atomic E-state index is -0.843. The molecule has 1 aromatic carbocycles. The number of rotatable bonds is 5. The van der Waals surface area contributed by atoms with Crippen molar-refractivity contribution in [2.24, 2.45) is 0 Å². The standard InChI is InChI=1S/C14H15F2N3/c15-11-3-1-2-10(14(11)16)12-8-18-13(19-12)6-7-17-9-4-5-9/h1-3,8-9,17H,4-7H2,(H,18,19). The van der Waals surface area contributed by atoms with Gasteiger partial charge in [-0.2, -0.15) is 0 Å². The summed E-state index contributed by atoms with van der Waals surface area (Å²) in [6.45, 7) is 0.850. The molecule has 1 aromatic heterocycles. The number of benzene rings is 1. The molecule has 0 aliphatic heterocycles. The summed E-state index contributed by atoms with van der Waals surface area (Å²) in [4.78, 5) is 7.23. The number of hydrogen-bond acceptors (Lipinski definition) is 2. The number of halogens is 2. The Morgan fingerprint density at radius 1 is 1.32 bits per heavy atom. The highest BCUT2D eigenvalue weighted by Crippen LogP contribution is 2.23. The van der Waals surface area contributed by atoms with E-state index in [1.54, 1.807) is 6.20 Å². The number of aromatic nitrogens is 2. The van der Waals surface area contributed by atoms with E-state index < -0.39 is 11.6 Å². The van der Waals surface area contributed by atoms with E-state index in [1.807, 2.05) is 0 Å². The largest absolute Gasteiger partial charge is 0.342 e. The zero-order valence-electron chi connectivity index (χ0n) is 10.4. The maximum absolute atomic E-state index is 13.6. The van der Waals surface area contributed by atoms with E-state index >= 15 is 0 Å². The summed E-state index contributed by atoms with van der Waals surface area (Å²) in [6.07, 6.45) is 4.80. The molecule has 100 valence electrons. The second-order valence-electron chi connectivity index (χ2n) is 4.82. The zero-order valence-corrected chi connectivity index (χ0v) is 10.4. The summed E-state index contributed by atoms with van der Waals surface area (Å²) in [5.74, 6) is -0.898. The Bertz CT molecular complexity index is 576. The average Bonchev–Trinajstić information content (AvgIpc) is 3.10. The van der Waals surface area contributed by atoms with Gasteiger partial charge in [0.05, 0.1) is 11.9 Å². The Morgan fingerprint density at radius 2 is 2.16 bits per heavy atom. The third-order valence-corrected chi connectivity index (χ3v) is 3.24. The van der Waals surface area contributed by atoms with E-state index in [4.69, 9.17) is 0 Å². The second kappa shape index (κ2) is 5.09. The van der Waals surface area contributed by atoms with E-state index in [0.29, 0.717) is 11.7 Å². The predicted molar refractivity (Wildman–Crippen MR) is 68.7 cm³/mol. The van der Waals surface area contributed by atoms with Crippen LogP contribution in [0.1, 0.15) is 18.7 Å². The molecule has 0 atom stereocenters. The van der Waals surface area contributed by atoms with Crippen molar-refractivity contribution in [2.45, 2.75) is 25.3 Å². The van der Waals surface area contributed by atoms with Crippen molar-refractivity contribution >= 4 is 0 Å². The van der Waals surface area contributed by atoms with Crippen LogP contribution in [0, 0.1) is 11.6 Å². The van der Waals surface area contributed by atoms with Crippen LogP contribution in [0.25, 0.3) is 11.3 Å². The highest BCUT2D eigenvalue weighted by molar-refractivity contribution is 5.59. The maximum Gasteiger partial charge on any atom is 0.168 e. The van der Waals surface area contributed by atoms with Crippen LogP contribution in [-0.4, -0.2) is 22.6 Å². The van der Waals surface area contributed by atoms with Gasteiger partial charge >= 0.3 is 0 Å². The molecule has 0 bridgehead atoms. The van der Waals surface area contributed by atoms with Gasteiger partial charge in [-0.1, -0.05) is 6.07 Å². The molecule has 5 heteroatoms. The van der Waals surface area contributed by atoms with Crippen molar-refractivity contribution in [3.63, 3.8) is 0 Å². The van der Waals surface area contributed by atoms with E-state index in [1.165, 1.54) is 25.0 Å². The van der Waals surface area contributed by atoms with Crippen molar-refractivity contribution in [1.82, 2.24) is 15.3 Å². The van der Waals surface area contributed by atoms with Crippen molar-refractivity contribution < 1.29 is 8.78 Å². The summed E-state index contributed by atoms with van der Waals surface area (Å²) < 4.78 is 26.8. The highest BCUT2D eigenvalue weighted by atomic mass is 19.2. The number of hydrogen-bond donors (Lipinski definition) is 2.